The number of benzene rings is 1. The second-order valence-electron chi connectivity index (χ2n) is 7.72. The van der Waals surface area contributed by atoms with Crippen LogP contribution < -0.4 is 10.2 Å². The van der Waals surface area contributed by atoms with Crippen LogP contribution in [0.1, 0.15) is 12.8 Å². The molecule has 1 amide bonds. The lowest BCUT2D eigenvalue weighted by Crippen LogP contribution is -2.51. The molecule has 0 spiro atoms. The van der Waals surface area contributed by atoms with Gasteiger partial charge in [0.05, 0.1) is 12.6 Å². The van der Waals surface area contributed by atoms with E-state index in [1.165, 1.54) is 10.6 Å². The average Bonchev–Trinajstić information content (AvgIpc) is 3.29. The minimum atomic E-state index is -2.73. The quantitative estimate of drug-likeness (QED) is 0.846. The summed E-state index contributed by atoms with van der Waals surface area (Å²) in [5.74, 6) is -2.90. The Bertz CT molecular complexity index is 679. The monoisotopic (exact) mass is 398 g/mol. The fourth-order valence-corrected chi connectivity index (χ4v) is 4.45. The zero-order valence-electron chi connectivity index (χ0n) is 15.2. The molecule has 0 unspecified atom stereocenters. The molecule has 4 rings (SSSR count). The van der Waals surface area contributed by atoms with Crippen LogP contribution in [-0.2, 0) is 4.79 Å². The van der Waals surface area contributed by atoms with E-state index in [1.54, 1.807) is 0 Å². The van der Waals surface area contributed by atoms with Gasteiger partial charge >= 0.3 is 0 Å². The molecule has 5 nitrogen and oxygen atoms in total. The van der Waals surface area contributed by atoms with Crippen molar-refractivity contribution in [3.8, 4) is 0 Å². The van der Waals surface area contributed by atoms with Gasteiger partial charge in [0.15, 0.2) is 0 Å². The van der Waals surface area contributed by atoms with Crippen molar-refractivity contribution in [3.63, 3.8) is 0 Å². The number of amides is 1. The fraction of sp³-hybridized carbons (Fsp3) is 0.632. The van der Waals surface area contributed by atoms with Crippen molar-refractivity contribution in [2.24, 2.45) is 0 Å². The second kappa shape index (κ2) is 7.53. The van der Waals surface area contributed by atoms with Gasteiger partial charge in [-0.15, -0.1) is 0 Å². The van der Waals surface area contributed by atoms with Gasteiger partial charge in [0.2, 0.25) is 5.91 Å². The maximum Gasteiger partial charge on any atom is 0.267 e. The molecule has 3 fully saturated rings. The predicted octanol–water partition coefficient (Wildman–Crippen LogP) is 2.06. The topological polar surface area (TPSA) is 38.8 Å². The van der Waals surface area contributed by atoms with Crippen molar-refractivity contribution >= 4 is 23.2 Å². The number of alkyl halides is 2. The molecule has 0 saturated carbocycles. The zero-order chi connectivity index (χ0) is 19.0. The molecule has 27 heavy (non-hydrogen) atoms. The van der Waals surface area contributed by atoms with E-state index in [0.717, 1.165) is 37.7 Å². The summed E-state index contributed by atoms with van der Waals surface area (Å²) in [5, 5.41) is 3.99. The summed E-state index contributed by atoms with van der Waals surface area (Å²) in [4.78, 5) is 18.6. The SMILES string of the molecule is O=C([C@@H]1C[C@H](N2CCN(c3ccc(Cl)cc3)CC2)CN1)N1CCC(F)(F)C1. The number of likely N-dealkylation sites (tertiary alicyclic amines) is 1. The highest BCUT2D eigenvalue weighted by atomic mass is 35.5. The molecule has 8 heteroatoms. The van der Waals surface area contributed by atoms with Crippen LogP contribution in [0.2, 0.25) is 5.02 Å². The minimum Gasteiger partial charge on any atom is -0.369 e. The van der Waals surface area contributed by atoms with Crippen molar-refractivity contribution in [2.45, 2.75) is 30.8 Å². The third kappa shape index (κ3) is 4.20. The number of rotatable bonds is 3. The first-order valence-corrected chi connectivity index (χ1v) is 9.94. The molecule has 2 atom stereocenters. The summed E-state index contributed by atoms with van der Waals surface area (Å²) < 4.78 is 26.7. The molecule has 0 bridgehead atoms. The third-order valence-electron chi connectivity index (χ3n) is 5.91. The van der Waals surface area contributed by atoms with Crippen LogP contribution in [0.15, 0.2) is 24.3 Å². The highest BCUT2D eigenvalue weighted by Gasteiger charge is 2.43. The number of hydrogen-bond acceptors (Lipinski definition) is 4. The molecule has 1 aromatic carbocycles. The van der Waals surface area contributed by atoms with Gasteiger partial charge in [0, 0.05) is 62.4 Å². The van der Waals surface area contributed by atoms with Crippen molar-refractivity contribution in [1.82, 2.24) is 15.1 Å². The second-order valence-corrected chi connectivity index (χ2v) is 8.15. The predicted molar refractivity (Wildman–Crippen MR) is 102 cm³/mol. The van der Waals surface area contributed by atoms with Crippen molar-refractivity contribution in [1.29, 1.82) is 0 Å². The maximum absolute atomic E-state index is 13.4. The van der Waals surface area contributed by atoms with Crippen LogP contribution >= 0.6 is 11.6 Å². The molecular weight excluding hydrogens is 374 g/mol. The van der Waals surface area contributed by atoms with E-state index in [9.17, 15) is 13.6 Å². The summed E-state index contributed by atoms with van der Waals surface area (Å²) in [7, 11) is 0. The molecule has 1 aromatic rings. The molecule has 0 aliphatic carbocycles. The summed E-state index contributed by atoms with van der Waals surface area (Å²) >= 11 is 5.96. The number of nitrogens with one attached hydrogen (secondary N) is 1. The first kappa shape index (κ1) is 18.9. The van der Waals surface area contributed by atoms with E-state index in [4.69, 9.17) is 11.6 Å². The van der Waals surface area contributed by atoms with Gasteiger partial charge in [-0.05, 0) is 30.7 Å². The summed E-state index contributed by atoms with van der Waals surface area (Å²) in [6.07, 6.45) is 0.476. The highest BCUT2D eigenvalue weighted by molar-refractivity contribution is 6.30. The first-order valence-electron chi connectivity index (χ1n) is 9.56. The molecule has 0 radical (unpaired) electrons. The van der Waals surface area contributed by atoms with Crippen LogP contribution in [0.3, 0.4) is 0 Å². The number of nitrogens with zero attached hydrogens (tertiary/aromatic N) is 3. The van der Waals surface area contributed by atoms with Crippen LogP contribution in [0.4, 0.5) is 14.5 Å². The average molecular weight is 399 g/mol. The number of halogens is 3. The van der Waals surface area contributed by atoms with Gasteiger partial charge in [0.1, 0.15) is 0 Å². The van der Waals surface area contributed by atoms with Crippen molar-refractivity contribution in [3.05, 3.63) is 29.3 Å². The van der Waals surface area contributed by atoms with Crippen molar-refractivity contribution < 1.29 is 13.6 Å². The fourth-order valence-electron chi connectivity index (χ4n) is 4.32. The number of anilines is 1. The number of carbonyl (C=O) groups is 1. The van der Waals surface area contributed by atoms with E-state index in [2.05, 4.69) is 15.1 Å². The molecular formula is C19H25ClF2N4O. The number of carbonyl (C=O) groups excluding carboxylic acids is 1. The molecule has 3 heterocycles. The Balaban J connectivity index is 1.27. The van der Waals surface area contributed by atoms with Crippen LogP contribution in [0, 0.1) is 0 Å². The Hall–Kier alpha value is -1.44. The van der Waals surface area contributed by atoms with Crippen molar-refractivity contribution in [2.75, 3.05) is 50.7 Å². The zero-order valence-corrected chi connectivity index (χ0v) is 16.0. The van der Waals surface area contributed by atoms with E-state index in [-0.39, 0.29) is 31.0 Å². The molecule has 0 aromatic heterocycles. The summed E-state index contributed by atoms with van der Waals surface area (Å²) in [5.41, 5.74) is 1.17. The number of hydrogen-bond donors (Lipinski definition) is 1. The minimum absolute atomic E-state index is 0.161. The largest absolute Gasteiger partial charge is 0.369 e. The van der Waals surface area contributed by atoms with Gasteiger partial charge in [-0.1, -0.05) is 11.6 Å². The standard InChI is InChI=1S/C19H25ClF2N4O/c20-14-1-3-15(4-2-14)24-7-9-25(10-8-24)16-11-17(23-12-16)18(27)26-6-5-19(21,22)13-26/h1-4,16-17,23H,5-13H2/t16-,17-/m0/s1. The van der Waals surface area contributed by atoms with E-state index < -0.39 is 12.5 Å². The van der Waals surface area contributed by atoms with Gasteiger partial charge in [-0.25, -0.2) is 8.78 Å². The lowest BCUT2D eigenvalue weighted by Gasteiger charge is -2.39. The van der Waals surface area contributed by atoms with Crippen LogP contribution in [0.5, 0.6) is 0 Å². The molecule has 148 valence electrons. The lowest BCUT2D eigenvalue weighted by molar-refractivity contribution is -0.133. The van der Waals surface area contributed by atoms with E-state index in [1.807, 2.05) is 24.3 Å². The Morgan fingerprint density at radius 3 is 2.44 bits per heavy atom. The van der Waals surface area contributed by atoms with Crippen LogP contribution in [0.25, 0.3) is 0 Å². The normalized spacial score (nSPS) is 28.7. The van der Waals surface area contributed by atoms with Gasteiger partial charge in [0.25, 0.3) is 5.92 Å². The molecule has 1 N–H and O–H groups in total. The van der Waals surface area contributed by atoms with Gasteiger partial charge in [-0.2, -0.15) is 0 Å². The van der Waals surface area contributed by atoms with Crippen LogP contribution in [-0.4, -0.2) is 79.5 Å². The Kier molecular flexibility index (Phi) is 5.27. The smallest absolute Gasteiger partial charge is 0.267 e. The molecule has 3 aliphatic heterocycles. The Morgan fingerprint density at radius 1 is 1.11 bits per heavy atom. The Labute approximate surface area is 163 Å². The van der Waals surface area contributed by atoms with Gasteiger partial charge < -0.3 is 15.1 Å². The third-order valence-corrected chi connectivity index (χ3v) is 6.16. The summed E-state index contributed by atoms with van der Waals surface area (Å²) in [6, 6.07) is 7.84. The van der Waals surface area contributed by atoms with E-state index in [0.29, 0.717) is 6.42 Å². The maximum atomic E-state index is 13.4. The first-order chi connectivity index (χ1) is 12.9. The molecule has 3 saturated heterocycles. The Morgan fingerprint density at radius 2 is 1.81 bits per heavy atom. The number of piperazine rings is 1. The summed E-state index contributed by atoms with van der Waals surface area (Å²) in [6.45, 7) is 4.17. The van der Waals surface area contributed by atoms with Gasteiger partial charge in [-0.3, -0.25) is 9.69 Å². The highest BCUT2D eigenvalue weighted by Crippen LogP contribution is 2.28. The molecule has 3 aliphatic rings. The lowest BCUT2D eigenvalue weighted by atomic mass is 10.1. The van der Waals surface area contributed by atoms with E-state index >= 15 is 0 Å².